The third-order valence-corrected chi connectivity index (χ3v) is 8.91. The van der Waals surface area contributed by atoms with Gasteiger partial charge in [0.2, 0.25) is 41.4 Å². The molecule has 342 valence electrons. The average molecular weight is 891 g/mol. The molecule has 7 atom stereocenters. The van der Waals surface area contributed by atoms with Crippen LogP contribution in [0.25, 0.3) is 0 Å². The number of allylic oxidation sites excluding steroid dienone is 1. The first-order chi connectivity index (χ1) is 28.8. The predicted molar refractivity (Wildman–Crippen MR) is 210 cm³/mol. The summed E-state index contributed by atoms with van der Waals surface area (Å²) in [7, 11) is 0. The van der Waals surface area contributed by atoms with Gasteiger partial charge in [-0.05, 0) is 58.5 Å². The van der Waals surface area contributed by atoms with Crippen LogP contribution >= 0.6 is 11.6 Å². The summed E-state index contributed by atoms with van der Waals surface area (Å²) in [5, 5.41) is 47.2. The van der Waals surface area contributed by atoms with Crippen molar-refractivity contribution in [3.63, 3.8) is 0 Å². The van der Waals surface area contributed by atoms with E-state index in [1.54, 1.807) is 0 Å². The molecule has 7 unspecified atom stereocenters. The zero-order valence-electron chi connectivity index (χ0n) is 33.6. The molecule has 1 aliphatic heterocycles. The van der Waals surface area contributed by atoms with Crippen LogP contribution in [0.4, 0.5) is 0 Å². The zero-order valence-corrected chi connectivity index (χ0v) is 34.3. The van der Waals surface area contributed by atoms with Crippen LogP contribution in [0.15, 0.2) is 11.8 Å². The van der Waals surface area contributed by atoms with E-state index in [-0.39, 0.29) is 51.1 Å². The number of carbonyl (C=O) groups excluding carboxylic acids is 9. The highest BCUT2D eigenvalue weighted by Crippen LogP contribution is 2.08. The summed E-state index contributed by atoms with van der Waals surface area (Å²) in [4.78, 5) is 142. The van der Waals surface area contributed by atoms with E-state index >= 15 is 0 Å². The van der Waals surface area contributed by atoms with Gasteiger partial charge in [-0.3, -0.25) is 43.2 Å². The molecule has 0 aromatic carbocycles. The van der Waals surface area contributed by atoms with E-state index < -0.39 is 139 Å². The molecule has 1 aliphatic rings. The smallest absolute Gasteiger partial charge is 0.335 e. The van der Waals surface area contributed by atoms with Gasteiger partial charge in [0.05, 0.1) is 19.4 Å². The van der Waals surface area contributed by atoms with E-state index in [4.69, 9.17) is 27.8 Å². The van der Waals surface area contributed by atoms with Gasteiger partial charge in [0.15, 0.2) is 6.10 Å². The second-order valence-corrected chi connectivity index (χ2v) is 13.7. The first-order valence-electron chi connectivity index (χ1n) is 19.1. The number of ether oxygens (including phenoxy) is 1. The van der Waals surface area contributed by atoms with Crippen LogP contribution in [0.1, 0.15) is 65.2 Å². The molecule has 0 aliphatic carbocycles. The molecule has 0 aromatic heterocycles. The molecule has 26 heteroatoms. The first-order valence-corrected chi connectivity index (χ1v) is 19.7. The first kappa shape index (κ1) is 53.1. The minimum atomic E-state index is -2.60. The largest absolute Gasteiger partial charge is 0.481 e. The number of carbonyl (C=O) groups is 11. The predicted octanol–water partition coefficient (Wildman–Crippen LogP) is -5.58. The van der Waals surface area contributed by atoms with Crippen LogP contribution in [-0.4, -0.2) is 155 Å². The number of carboxylic acids is 2. The lowest BCUT2D eigenvalue weighted by Gasteiger charge is -2.26. The number of nitrogens with two attached hydrogens (primary N) is 2. The van der Waals surface area contributed by atoms with Crippen molar-refractivity contribution in [2.75, 3.05) is 32.1 Å². The maximum atomic E-state index is 13.6. The monoisotopic (exact) mass is 890 g/mol. The van der Waals surface area contributed by atoms with Gasteiger partial charge < -0.3 is 74.1 Å². The fourth-order valence-corrected chi connectivity index (χ4v) is 5.58. The molecular formula is C35H55ClN10O15. The summed E-state index contributed by atoms with van der Waals surface area (Å²) in [6, 6.07) is -9.88. The molecule has 0 bridgehead atoms. The number of unbranched alkanes of at least 4 members (excludes halogenated alkanes) is 1. The van der Waals surface area contributed by atoms with Crippen molar-refractivity contribution in [1.82, 2.24) is 42.5 Å². The Bertz CT molecular complexity index is 1650. The third-order valence-electron chi connectivity index (χ3n) is 8.69. The molecule has 0 saturated carbocycles. The topological polar surface area (TPSA) is 406 Å². The summed E-state index contributed by atoms with van der Waals surface area (Å²) in [6.07, 6.45) is -3.07. The van der Waals surface area contributed by atoms with Crippen molar-refractivity contribution in [2.45, 2.75) is 108 Å². The van der Waals surface area contributed by atoms with E-state index in [1.807, 2.05) is 5.32 Å². The highest BCUT2D eigenvalue weighted by molar-refractivity contribution is 6.18. The minimum Gasteiger partial charge on any atom is -0.481 e. The number of esters is 1. The van der Waals surface area contributed by atoms with Crippen LogP contribution in [-0.2, 0) is 57.5 Å². The van der Waals surface area contributed by atoms with Gasteiger partial charge in [-0.1, -0.05) is 13.0 Å². The van der Waals surface area contributed by atoms with Gasteiger partial charge in [0, 0.05) is 5.88 Å². The van der Waals surface area contributed by atoms with Gasteiger partial charge in [0.1, 0.15) is 48.6 Å². The molecule has 61 heavy (non-hydrogen) atoms. The molecule has 0 radical (unpaired) electrons. The lowest BCUT2D eigenvalue weighted by Crippen LogP contribution is -2.60. The fraction of sp³-hybridized carbons (Fsp3) is 0.629. The van der Waals surface area contributed by atoms with E-state index in [0.29, 0.717) is 6.42 Å². The van der Waals surface area contributed by atoms with Crippen molar-refractivity contribution in [3.05, 3.63) is 11.8 Å². The molecule has 25 nitrogen and oxygen atoms in total. The second kappa shape index (κ2) is 27.8. The summed E-state index contributed by atoms with van der Waals surface area (Å²) >= 11 is 5.78. The van der Waals surface area contributed by atoms with Crippen LogP contribution < -0.4 is 54.0 Å². The standard InChI is InChI=1S/C35H55ClN10O15/c1-3-17-28(52)41-18(4-2)29(53)46-26(27(51)34(58)59)33(57)45-21(8-11-36)35(60)61-14-10-23(47)39-16-24(48)40-22(15-25(49)50)32(56)43-19(7-5-6-12-37)30(54)44-20(9-13-38)31(55)42-17/h4,17,19-22,26-27,51H,3,5-16,37-38H2,1-2H3,(H,39,47)(H,40,48)(H,41,52)(H,42,55)(H,43,56)(H,44,54)(H,45,57)(H,46,53)(H,49,50)(H,58,59)/b18-4-. The van der Waals surface area contributed by atoms with Gasteiger partial charge in [-0.2, -0.15) is 0 Å². The number of cyclic esters (lactones) is 1. The zero-order chi connectivity index (χ0) is 46.2. The summed E-state index contributed by atoms with van der Waals surface area (Å²) in [5.74, 6) is -13.5. The number of aliphatic hydroxyl groups excluding tert-OH is 1. The Morgan fingerprint density at radius 3 is 1.89 bits per heavy atom. The van der Waals surface area contributed by atoms with Gasteiger partial charge in [-0.25, -0.2) is 9.59 Å². The van der Waals surface area contributed by atoms with Crippen LogP contribution in [0, 0.1) is 0 Å². The molecule has 15 N–H and O–H groups in total. The highest BCUT2D eigenvalue weighted by Gasteiger charge is 2.37. The quantitative estimate of drug-likeness (QED) is 0.0355. The number of aliphatic carboxylic acids is 2. The van der Waals surface area contributed by atoms with Crippen LogP contribution in [0.2, 0.25) is 0 Å². The number of hydrogen-bond donors (Lipinski definition) is 13. The number of rotatable bonds is 13. The van der Waals surface area contributed by atoms with E-state index in [2.05, 4.69) is 37.2 Å². The second-order valence-electron chi connectivity index (χ2n) is 13.3. The molecule has 8 amide bonds. The summed E-state index contributed by atoms with van der Waals surface area (Å²) < 4.78 is 5.03. The van der Waals surface area contributed by atoms with Crippen molar-refractivity contribution in [1.29, 1.82) is 0 Å². The minimum absolute atomic E-state index is 0.0626. The maximum Gasteiger partial charge on any atom is 0.335 e. The number of carboxylic acid groups (broad SMARTS) is 2. The van der Waals surface area contributed by atoms with Crippen molar-refractivity contribution < 1.29 is 72.8 Å². The van der Waals surface area contributed by atoms with Crippen molar-refractivity contribution in [2.24, 2.45) is 11.5 Å². The number of hydrogen-bond acceptors (Lipinski definition) is 15. The van der Waals surface area contributed by atoms with E-state index in [9.17, 15) is 68.1 Å². The van der Waals surface area contributed by atoms with E-state index in [0.717, 1.165) is 6.08 Å². The van der Waals surface area contributed by atoms with Crippen molar-refractivity contribution >= 4 is 76.8 Å². The number of aliphatic hydroxyl groups is 1. The Morgan fingerprint density at radius 1 is 0.754 bits per heavy atom. The van der Waals surface area contributed by atoms with Gasteiger partial charge in [0.25, 0.3) is 5.91 Å². The number of nitrogens with one attached hydrogen (secondary N) is 8. The van der Waals surface area contributed by atoms with Gasteiger partial charge in [-0.15, -0.1) is 11.6 Å². The molecule has 0 spiro atoms. The Kier molecular flexibility index (Phi) is 24.2. The molecule has 1 fully saturated rings. The molecule has 0 aromatic rings. The lowest BCUT2D eigenvalue weighted by molar-refractivity contribution is -0.153. The Hall–Kier alpha value is -5.92. The van der Waals surface area contributed by atoms with Crippen LogP contribution in [0.5, 0.6) is 0 Å². The highest BCUT2D eigenvalue weighted by atomic mass is 35.5. The molecule has 1 saturated heterocycles. The fourth-order valence-electron chi connectivity index (χ4n) is 5.36. The lowest BCUT2D eigenvalue weighted by atomic mass is 10.1. The number of alkyl halides is 1. The SMILES string of the molecule is C/C=C1\NC(=O)C(CC)NC(=O)C(CCN)NC(=O)C(CCCCN)NC(=O)C(CC(=O)O)NC(=O)CNC(=O)CCOC(=O)C(CCCl)NC(=O)C(C(O)C(=O)O)NC1=O. The maximum absolute atomic E-state index is 13.6. The Labute approximate surface area is 354 Å². The van der Waals surface area contributed by atoms with Gasteiger partial charge >= 0.3 is 17.9 Å². The normalized spacial score (nSPS) is 25.1. The molecule has 1 heterocycles. The van der Waals surface area contributed by atoms with Crippen molar-refractivity contribution in [3.8, 4) is 0 Å². The third kappa shape index (κ3) is 18.9. The molecule has 1 rings (SSSR count). The van der Waals surface area contributed by atoms with Crippen LogP contribution in [0.3, 0.4) is 0 Å². The average Bonchev–Trinajstić information content (AvgIpc) is 3.20. The Balaban J connectivity index is 3.64. The number of halogens is 1. The Morgan fingerprint density at radius 2 is 1.34 bits per heavy atom. The summed E-state index contributed by atoms with van der Waals surface area (Å²) in [6.45, 7) is 1.38. The van der Waals surface area contributed by atoms with E-state index in [1.165, 1.54) is 13.8 Å². The summed E-state index contributed by atoms with van der Waals surface area (Å²) in [5.41, 5.74) is 10.7. The molecular weight excluding hydrogens is 836 g/mol. The number of amides is 8.